The van der Waals surface area contributed by atoms with Crippen molar-refractivity contribution < 1.29 is 14.3 Å². The fraction of sp³-hybridized carbons (Fsp3) is 0.556. The zero-order chi connectivity index (χ0) is 13.4. The summed E-state index contributed by atoms with van der Waals surface area (Å²) in [7, 11) is 3.16. The molecule has 1 aromatic heterocycles. The van der Waals surface area contributed by atoms with E-state index in [1.807, 2.05) is 0 Å². The van der Waals surface area contributed by atoms with Crippen LogP contribution in [0.15, 0.2) is 0 Å². The van der Waals surface area contributed by atoms with Crippen molar-refractivity contribution >= 4 is 17.8 Å². The Kier molecular flexibility index (Phi) is 5.58. The molecule has 4 N–H and O–H groups in total. The van der Waals surface area contributed by atoms with Gasteiger partial charge in [-0.2, -0.15) is 15.0 Å². The van der Waals surface area contributed by atoms with Crippen molar-refractivity contribution in [2.24, 2.45) is 5.73 Å². The lowest BCUT2D eigenvalue weighted by Crippen LogP contribution is -2.21. The lowest BCUT2D eigenvalue weighted by Gasteiger charge is -2.07. The van der Waals surface area contributed by atoms with Crippen LogP contribution in [0.2, 0.25) is 0 Å². The number of amides is 1. The van der Waals surface area contributed by atoms with E-state index in [0.717, 1.165) is 0 Å². The van der Waals surface area contributed by atoms with Crippen LogP contribution >= 0.6 is 0 Å². The molecule has 0 atom stereocenters. The molecular weight excluding hydrogens is 240 g/mol. The van der Waals surface area contributed by atoms with Gasteiger partial charge in [-0.3, -0.25) is 4.79 Å². The van der Waals surface area contributed by atoms with Crippen LogP contribution in [0.4, 0.5) is 11.9 Å². The Morgan fingerprint density at radius 1 is 1.33 bits per heavy atom. The summed E-state index contributed by atoms with van der Waals surface area (Å²) in [5.41, 5.74) is 4.92. The van der Waals surface area contributed by atoms with Gasteiger partial charge in [-0.15, -0.1) is 0 Å². The molecule has 0 bridgehead atoms. The standard InChI is InChI=1S/C9H16N6O3/c1-11-7-13-8(15-9(14-7)17-2)12-3-4-18-5-6(10)16/h3-5H2,1-2H3,(H2,10,16)(H2,11,12,13,14,15). The molecule has 9 heteroatoms. The lowest BCUT2D eigenvalue weighted by molar-refractivity contribution is -0.122. The highest BCUT2D eigenvalue weighted by Crippen LogP contribution is 2.09. The number of methoxy groups -OCH3 is 1. The van der Waals surface area contributed by atoms with Gasteiger partial charge in [-0.05, 0) is 0 Å². The molecule has 0 radical (unpaired) electrons. The molecule has 0 aromatic carbocycles. The highest BCUT2D eigenvalue weighted by atomic mass is 16.5. The van der Waals surface area contributed by atoms with Crippen LogP contribution in [0, 0.1) is 0 Å². The fourth-order valence-electron chi connectivity index (χ4n) is 1.05. The predicted octanol–water partition coefficient (Wildman–Crippen LogP) is -1.16. The molecule has 0 aliphatic rings. The molecule has 0 aliphatic heterocycles. The number of carbonyl (C=O) groups excluding carboxylic acids is 1. The van der Waals surface area contributed by atoms with Crippen molar-refractivity contribution in [3.05, 3.63) is 0 Å². The normalized spacial score (nSPS) is 9.89. The number of anilines is 2. The Balaban J connectivity index is 2.43. The summed E-state index contributed by atoms with van der Waals surface area (Å²) in [5, 5.41) is 5.69. The van der Waals surface area contributed by atoms with Gasteiger partial charge in [0.25, 0.3) is 0 Å². The number of carbonyl (C=O) groups is 1. The highest BCUT2D eigenvalue weighted by molar-refractivity contribution is 5.74. The SMILES string of the molecule is CNc1nc(NCCOCC(N)=O)nc(OC)n1. The van der Waals surface area contributed by atoms with Crippen molar-refractivity contribution in [1.82, 2.24) is 15.0 Å². The summed E-state index contributed by atoms with van der Waals surface area (Å²) in [4.78, 5) is 22.4. The molecule has 9 nitrogen and oxygen atoms in total. The Bertz CT molecular complexity index is 378. The van der Waals surface area contributed by atoms with E-state index < -0.39 is 5.91 Å². The first kappa shape index (κ1) is 13.9. The lowest BCUT2D eigenvalue weighted by atomic mass is 10.6. The maximum Gasteiger partial charge on any atom is 0.322 e. The number of primary amides is 1. The number of nitrogens with two attached hydrogens (primary N) is 1. The number of rotatable bonds is 8. The van der Waals surface area contributed by atoms with E-state index in [1.54, 1.807) is 7.05 Å². The van der Waals surface area contributed by atoms with Gasteiger partial charge in [0.1, 0.15) is 6.61 Å². The number of hydrogen-bond acceptors (Lipinski definition) is 8. The summed E-state index contributed by atoms with van der Waals surface area (Å²) < 4.78 is 9.90. The monoisotopic (exact) mass is 256 g/mol. The molecule has 100 valence electrons. The van der Waals surface area contributed by atoms with E-state index in [2.05, 4.69) is 25.6 Å². The Morgan fingerprint density at radius 3 is 2.67 bits per heavy atom. The minimum absolute atomic E-state index is 0.107. The van der Waals surface area contributed by atoms with Crippen LogP contribution in [0.25, 0.3) is 0 Å². The zero-order valence-electron chi connectivity index (χ0n) is 10.3. The molecular formula is C9H16N6O3. The molecule has 0 aliphatic carbocycles. The van der Waals surface area contributed by atoms with E-state index in [0.29, 0.717) is 25.0 Å². The number of hydrogen-bond donors (Lipinski definition) is 3. The minimum atomic E-state index is -0.505. The van der Waals surface area contributed by atoms with Gasteiger partial charge in [-0.25, -0.2) is 0 Å². The maximum atomic E-state index is 10.4. The molecule has 1 heterocycles. The van der Waals surface area contributed by atoms with Gasteiger partial charge in [0.05, 0.1) is 13.7 Å². The summed E-state index contributed by atoms with van der Waals surface area (Å²) in [6.07, 6.45) is 0. The number of ether oxygens (including phenoxy) is 2. The van der Waals surface area contributed by atoms with Gasteiger partial charge < -0.3 is 25.8 Å². The van der Waals surface area contributed by atoms with Crippen LogP contribution in [0.3, 0.4) is 0 Å². The van der Waals surface area contributed by atoms with E-state index in [1.165, 1.54) is 7.11 Å². The van der Waals surface area contributed by atoms with E-state index in [9.17, 15) is 4.79 Å². The number of nitrogens with zero attached hydrogens (tertiary/aromatic N) is 3. The Hall–Kier alpha value is -2.16. The summed E-state index contributed by atoms with van der Waals surface area (Å²) in [6.45, 7) is 0.638. The number of aromatic nitrogens is 3. The predicted molar refractivity (Wildman–Crippen MR) is 64.4 cm³/mol. The van der Waals surface area contributed by atoms with Crippen molar-refractivity contribution in [3.63, 3.8) is 0 Å². The van der Waals surface area contributed by atoms with E-state index in [4.69, 9.17) is 15.2 Å². The third kappa shape index (κ3) is 4.78. The maximum absolute atomic E-state index is 10.4. The van der Waals surface area contributed by atoms with Crippen molar-refractivity contribution in [2.45, 2.75) is 0 Å². The summed E-state index contributed by atoms with van der Waals surface area (Å²) >= 11 is 0. The topological polar surface area (TPSA) is 124 Å². The van der Waals surface area contributed by atoms with Gasteiger partial charge in [0, 0.05) is 13.6 Å². The van der Waals surface area contributed by atoms with Crippen LogP contribution < -0.4 is 21.1 Å². The molecule has 0 unspecified atom stereocenters. The quantitative estimate of drug-likeness (QED) is 0.497. The highest BCUT2D eigenvalue weighted by Gasteiger charge is 2.04. The largest absolute Gasteiger partial charge is 0.467 e. The molecule has 1 rings (SSSR count). The molecule has 0 fully saturated rings. The second kappa shape index (κ2) is 7.22. The Morgan fingerprint density at radius 2 is 2.06 bits per heavy atom. The van der Waals surface area contributed by atoms with Crippen LogP contribution in [-0.4, -0.2) is 54.8 Å². The van der Waals surface area contributed by atoms with Crippen molar-refractivity contribution in [1.29, 1.82) is 0 Å². The molecule has 18 heavy (non-hydrogen) atoms. The first-order valence-electron chi connectivity index (χ1n) is 5.23. The average molecular weight is 256 g/mol. The second-order valence-electron chi connectivity index (χ2n) is 3.16. The molecule has 0 saturated carbocycles. The molecule has 0 spiro atoms. The summed E-state index contributed by atoms with van der Waals surface area (Å²) in [6, 6.07) is 0.204. The van der Waals surface area contributed by atoms with Crippen LogP contribution in [-0.2, 0) is 9.53 Å². The zero-order valence-corrected chi connectivity index (χ0v) is 10.3. The van der Waals surface area contributed by atoms with E-state index in [-0.39, 0.29) is 12.6 Å². The number of nitrogens with one attached hydrogen (secondary N) is 2. The second-order valence-corrected chi connectivity index (χ2v) is 3.16. The smallest absolute Gasteiger partial charge is 0.322 e. The van der Waals surface area contributed by atoms with Crippen LogP contribution in [0.5, 0.6) is 6.01 Å². The van der Waals surface area contributed by atoms with E-state index >= 15 is 0 Å². The van der Waals surface area contributed by atoms with Gasteiger partial charge in [-0.1, -0.05) is 0 Å². The molecule has 1 amide bonds. The third-order valence-electron chi connectivity index (χ3n) is 1.79. The Labute approximate surface area is 104 Å². The van der Waals surface area contributed by atoms with Crippen molar-refractivity contribution in [3.8, 4) is 6.01 Å². The minimum Gasteiger partial charge on any atom is -0.467 e. The average Bonchev–Trinajstić information content (AvgIpc) is 2.37. The van der Waals surface area contributed by atoms with Crippen LogP contribution in [0.1, 0.15) is 0 Å². The van der Waals surface area contributed by atoms with Gasteiger partial charge in [0.2, 0.25) is 17.8 Å². The third-order valence-corrected chi connectivity index (χ3v) is 1.79. The summed E-state index contributed by atoms with van der Waals surface area (Å²) in [5.74, 6) is 0.241. The first-order valence-corrected chi connectivity index (χ1v) is 5.23. The van der Waals surface area contributed by atoms with Gasteiger partial charge in [0.15, 0.2) is 0 Å². The first-order chi connectivity index (χ1) is 8.65. The van der Waals surface area contributed by atoms with Crippen molar-refractivity contribution in [2.75, 3.05) is 44.5 Å². The fourth-order valence-corrected chi connectivity index (χ4v) is 1.05. The van der Waals surface area contributed by atoms with Gasteiger partial charge >= 0.3 is 6.01 Å². The molecule has 0 saturated heterocycles. The molecule has 1 aromatic rings.